The molecule has 0 aromatic carbocycles. The molecule has 6 heteroatoms. The maximum Gasteiger partial charge on any atom is 0.151 e. The van der Waals surface area contributed by atoms with Crippen LogP contribution in [-0.4, -0.2) is 35.7 Å². The van der Waals surface area contributed by atoms with Crippen molar-refractivity contribution in [3.05, 3.63) is 17.5 Å². The second-order valence-electron chi connectivity index (χ2n) is 5.70. The first-order valence-corrected chi connectivity index (χ1v) is 9.07. The first-order chi connectivity index (χ1) is 9.26. The lowest BCUT2D eigenvalue weighted by Crippen LogP contribution is -2.23. The fourth-order valence-electron chi connectivity index (χ4n) is 2.10. The van der Waals surface area contributed by atoms with E-state index in [0.717, 1.165) is 17.8 Å². The van der Waals surface area contributed by atoms with Crippen molar-refractivity contribution in [3.63, 3.8) is 0 Å². The average molecular weight is 301 g/mol. The smallest absolute Gasteiger partial charge is 0.151 e. The van der Waals surface area contributed by atoms with Crippen LogP contribution in [0.3, 0.4) is 0 Å². The summed E-state index contributed by atoms with van der Waals surface area (Å²) in [7, 11) is -2.95. The van der Waals surface area contributed by atoms with Crippen LogP contribution in [0.15, 0.2) is 6.20 Å². The zero-order chi connectivity index (χ0) is 15.3. The van der Waals surface area contributed by atoms with Gasteiger partial charge in [-0.25, -0.2) is 8.42 Å². The van der Waals surface area contributed by atoms with E-state index in [1.807, 2.05) is 10.9 Å². The first kappa shape index (κ1) is 17.2. The predicted octanol–water partition coefficient (Wildman–Crippen LogP) is 1.94. The number of hydrogen-bond acceptors (Lipinski definition) is 4. The highest BCUT2D eigenvalue weighted by molar-refractivity contribution is 7.91. The molecule has 0 bridgehead atoms. The van der Waals surface area contributed by atoms with Gasteiger partial charge in [-0.1, -0.05) is 34.6 Å². The molecule has 0 spiro atoms. The highest BCUT2D eigenvalue weighted by Crippen LogP contribution is 2.19. The molecule has 1 N–H and O–H groups in total. The quantitative estimate of drug-likeness (QED) is 0.797. The summed E-state index contributed by atoms with van der Waals surface area (Å²) < 4.78 is 25.1. The van der Waals surface area contributed by atoms with Crippen molar-refractivity contribution >= 4 is 9.84 Å². The van der Waals surface area contributed by atoms with E-state index in [1.54, 1.807) is 6.92 Å². The summed E-state index contributed by atoms with van der Waals surface area (Å²) in [5.41, 5.74) is 2.28. The standard InChI is InChI=1S/C14H27N3O2S/c1-6-20(18,19)8-7-17-14(11(2)3)13(10-16-17)9-15-12(4)5/h10-12,15H,6-9H2,1-5H3. The summed E-state index contributed by atoms with van der Waals surface area (Å²) >= 11 is 0. The Morgan fingerprint density at radius 1 is 1.30 bits per heavy atom. The van der Waals surface area contributed by atoms with Gasteiger partial charge in [0.2, 0.25) is 0 Å². The fraction of sp³-hybridized carbons (Fsp3) is 0.786. The first-order valence-electron chi connectivity index (χ1n) is 7.25. The van der Waals surface area contributed by atoms with Crippen LogP contribution in [0, 0.1) is 0 Å². The summed E-state index contributed by atoms with van der Waals surface area (Å²) in [5, 5.41) is 7.75. The van der Waals surface area contributed by atoms with Gasteiger partial charge in [0.15, 0.2) is 9.84 Å². The molecule has 1 rings (SSSR count). The lowest BCUT2D eigenvalue weighted by Gasteiger charge is -2.14. The maximum atomic E-state index is 11.6. The SMILES string of the molecule is CCS(=O)(=O)CCn1ncc(CNC(C)C)c1C(C)C. The van der Waals surface area contributed by atoms with E-state index < -0.39 is 9.84 Å². The van der Waals surface area contributed by atoms with Crippen LogP contribution in [-0.2, 0) is 22.9 Å². The highest BCUT2D eigenvalue weighted by atomic mass is 32.2. The van der Waals surface area contributed by atoms with Crippen LogP contribution in [0.2, 0.25) is 0 Å². The zero-order valence-electron chi connectivity index (χ0n) is 13.2. The van der Waals surface area contributed by atoms with Gasteiger partial charge < -0.3 is 5.32 Å². The Morgan fingerprint density at radius 3 is 2.45 bits per heavy atom. The summed E-state index contributed by atoms with van der Waals surface area (Å²) in [6.45, 7) is 11.3. The molecular weight excluding hydrogens is 274 g/mol. The molecule has 0 unspecified atom stereocenters. The Balaban J connectivity index is 2.86. The molecule has 0 fully saturated rings. The monoisotopic (exact) mass is 301 g/mol. The third-order valence-corrected chi connectivity index (χ3v) is 4.95. The van der Waals surface area contributed by atoms with Gasteiger partial charge in [0.25, 0.3) is 0 Å². The highest BCUT2D eigenvalue weighted by Gasteiger charge is 2.16. The number of aromatic nitrogens is 2. The van der Waals surface area contributed by atoms with Crippen LogP contribution in [0.1, 0.15) is 51.8 Å². The molecule has 0 radical (unpaired) electrons. The van der Waals surface area contributed by atoms with Gasteiger partial charge in [0.05, 0.1) is 18.5 Å². The average Bonchev–Trinajstić information content (AvgIpc) is 2.77. The molecular formula is C14H27N3O2S. The molecule has 0 aliphatic carbocycles. The molecule has 0 amide bonds. The van der Waals surface area contributed by atoms with E-state index in [1.165, 1.54) is 0 Å². The molecule has 5 nitrogen and oxygen atoms in total. The Kier molecular flexibility index (Phi) is 6.20. The number of nitrogens with zero attached hydrogens (tertiary/aromatic N) is 2. The van der Waals surface area contributed by atoms with E-state index >= 15 is 0 Å². The minimum atomic E-state index is -2.95. The summed E-state index contributed by atoms with van der Waals surface area (Å²) in [6, 6.07) is 0.416. The number of rotatable bonds is 8. The van der Waals surface area contributed by atoms with Crippen LogP contribution in [0.25, 0.3) is 0 Å². The van der Waals surface area contributed by atoms with E-state index in [4.69, 9.17) is 0 Å². The van der Waals surface area contributed by atoms with Crippen LogP contribution >= 0.6 is 0 Å². The Hall–Kier alpha value is -0.880. The van der Waals surface area contributed by atoms with Crippen molar-refractivity contribution in [2.75, 3.05) is 11.5 Å². The van der Waals surface area contributed by atoms with E-state index in [2.05, 4.69) is 38.1 Å². The maximum absolute atomic E-state index is 11.6. The van der Waals surface area contributed by atoms with Crippen LogP contribution in [0.5, 0.6) is 0 Å². The van der Waals surface area contributed by atoms with Gasteiger partial charge in [-0.05, 0) is 5.92 Å². The zero-order valence-corrected chi connectivity index (χ0v) is 14.0. The number of hydrogen-bond donors (Lipinski definition) is 1. The van der Waals surface area contributed by atoms with Gasteiger partial charge in [-0.2, -0.15) is 5.10 Å². The third-order valence-electron chi connectivity index (χ3n) is 3.26. The van der Waals surface area contributed by atoms with Crippen LogP contribution in [0.4, 0.5) is 0 Å². The Labute approximate surface area is 122 Å². The van der Waals surface area contributed by atoms with Gasteiger partial charge in [0.1, 0.15) is 0 Å². The fourth-order valence-corrected chi connectivity index (χ4v) is 2.84. The normalized spacial score (nSPS) is 12.6. The Bertz CT molecular complexity index is 519. The molecule has 0 atom stereocenters. The van der Waals surface area contributed by atoms with Crippen molar-refractivity contribution in [2.24, 2.45) is 0 Å². The topological polar surface area (TPSA) is 64.0 Å². The van der Waals surface area contributed by atoms with Crippen molar-refractivity contribution in [2.45, 2.75) is 59.7 Å². The lowest BCUT2D eigenvalue weighted by molar-refractivity contribution is 0.558. The van der Waals surface area contributed by atoms with Gasteiger partial charge in [-0.15, -0.1) is 0 Å². The van der Waals surface area contributed by atoms with E-state index in [0.29, 0.717) is 18.5 Å². The lowest BCUT2D eigenvalue weighted by atomic mass is 10.1. The van der Waals surface area contributed by atoms with E-state index in [9.17, 15) is 8.42 Å². The molecule has 1 aromatic rings. The second-order valence-corrected chi connectivity index (χ2v) is 8.18. The van der Waals surface area contributed by atoms with Crippen LogP contribution < -0.4 is 5.32 Å². The predicted molar refractivity (Wildman–Crippen MR) is 82.6 cm³/mol. The van der Waals surface area contributed by atoms with Crippen molar-refractivity contribution in [1.82, 2.24) is 15.1 Å². The van der Waals surface area contributed by atoms with Crippen molar-refractivity contribution in [3.8, 4) is 0 Å². The largest absolute Gasteiger partial charge is 0.310 e. The Morgan fingerprint density at radius 2 is 1.95 bits per heavy atom. The summed E-state index contributed by atoms with van der Waals surface area (Å²) in [5.74, 6) is 0.667. The number of sulfone groups is 1. The molecule has 0 aliphatic rings. The molecule has 116 valence electrons. The molecule has 0 saturated carbocycles. The van der Waals surface area contributed by atoms with E-state index in [-0.39, 0.29) is 11.5 Å². The number of nitrogens with one attached hydrogen (secondary N) is 1. The summed E-state index contributed by atoms with van der Waals surface area (Å²) in [6.07, 6.45) is 1.85. The van der Waals surface area contributed by atoms with Crippen molar-refractivity contribution < 1.29 is 8.42 Å². The van der Waals surface area contributed by atoms with Gasteiger partial charge >= 0.3 is 0 Å². The third kappa shape index (κ3) is 4.90. The molecule has 20 heavy (non-hydrogen) atoms. The summed E-state index contributed by atoms with van der Waals surface area (Å²) in [4.78, 5) is 0. The molecule has 0 aliphatic heterocycles. The number of aryl methyl sites for hydroxylation is 1. The minimum Gasteiger partial charge on any atom is -0.310 e. The minimum absolute atomic E-state index is 0.155. The van der Waals surface area contributed by atoms with Gasteiger partial charge in [0, 0.05) is 29.6 Å². The van der Waals surface area contributed by atoms with Crippen molar-refractivity contribution in [1.29, 1.82) is 0 Å². The second kappa shape index (κ2) is 7.22. The molecule has 0 saturated heterocycles. The van der Waals surface area contributed by atoms with Gasteiger partial charge in [-0.3, -0.25) is 4.68 Å². The molecule has 1 heterocycles. The molecule has 1 aromatic heterocycles.